The molecule has 9 nitrogen and oxygen atoms in total. The van der Waals surface area contributed by atoms with E-state index in [4.69, 9.17) is 4.74 Å². The van der Waals surface area contributed by atoms with Gasteiger partial charge in [-0.2, -0.15) is 5.10 Å². The molecule has 0 fully saturated rings. The van der Waals surface area contributed by atoms with E-state index in [0.717, 1.165) is 0 Å². The number of fused-ring (bicyclic) bond motifs is 3. The Morgan fingerprint density at radius 1 is 1.29 bits per heavy atom. The Morgan fingerprint density at radius 3 is 2.64 bits per heavy atom. The van der Waals surface area contributed by atoms with Crippen LogP contribution < -0.4 is 0 Å². The van der Waals surface area contributed by atoms with Crippen molar-refractivity contribution in [3.05, 3.63) is 39.7 Å². The van der Waals surface area contributed by atoms with Crippen molar-refractivity contribution in [3.63, 3.8) is 0 Å². The topological polar surface area (TPSA) is 128 Å². The van der Waals surface area contributed by atoms with Crippen LogP contribution in [0, 0.1) is 0 Å². The average Bonchev–Trinajstić information content (AvgIpc) is 3.04. The first-order valence-corrected chi connectivity index (χ1v) is 8.70. The summed E-state index contributed by atoms with van der Waals surface area (Å²) in [6.45, 7) is 1.64. The largest absolute Gasteiger partial charge is 0.507 e. The zero-order chi connectivity index (χ0) is 20.3. The van der Waals surface area contributed by atoms with Gasteiger partial charge >= 0.3 is 5.97 Å². The fraction of sp³-hybridized carbons (Fsp3) is 0.368. The molecule has 0 spiro atoms. The lowest BCUT2D eigenvalue weighted by atomic mass is 9.80. The second-order valence-electron chi connectivity index (χ2n) is 6.95. The predicted molar refractivity (Wildman–Crippen MR) is 93.5 cm³/mol. The number of phenolic OH excluding ortho intramolecular Hbond substituents is 2. The first-order valence-electron chi connectivity index (χ1n) is 8.70. The van der Waals surface area contributed by atoms with Crippen LogP contribution in [-0.2, 0) is 27.7 Å². The number of hydrogen-bond acceptors (Lipinski definition) is 8. The number of ether oxygens (including phenoxy) is 2. The molecule has 1 aromatic heterocycles. The van der Waals surface area contributed by atoms with Gasteiger partial charge in [-0.25, -0.2) is 0 Å². The Labute approximate surface area is 159 Å². The van der Waals surface area contributed by atoms with E-state index in [1.54, 1.807) is 14.0 Å². The Morgan fingerprint density at radius 2 is 1.96 bits per heavy atom. The first-order chi connectivity index (χ1) is 13.2. The van der Waals surface area contributed by atoms with Crippen LogP contribution in [0.5, 0.6) is 11.5 Å². The summed E-state index contributed by atoms with van der Waals surface area (Å²) in [6, 6.07) is 0. The minimum Gasteiger partial charge on any atom is -0.507 e. The third-order valence-electron chi connectivity index (χ3n) is 5.19. The molecule has 146 valence electrons. The van der Waals surface area contributed by atoms with E-state index in [2.05, 4.69) is 9.84 Å². The monoisotopic (exact) mass is 386 g/mol. The van der Waals surface area contributed by atoms with Crippen molar-refractivity contribution in [1.29, 1.82) is 0 Å². The van der Waals surface area contributed by atoms with Gasteiger partial charge in [0.1, 0.15) is 17.2 Å². The Balaban J connectivity index is 1.89. The van der Waals surface area contributed by atoms with Gasteiger partial charge in [-0.15, -0.1) is 0 Å². The number of aromatic hydroxyl groups is 2. The summed E-state index contributed by atoms with van der Waals surface area (Å²) in [5.41, 5.74) is 0.0146. The number of methoxy groups -OCH3 is 1. The number of nitrogens with zero attached hydrogens (tertiary/aromatic N) is 2. The van der Waals surface area contributed by atoms with Crippen molar-refractivity contribution >= 4 is 17.5 Å². The SMILES string of the molecule is COC(=O)CC1Cc2c(O)c3c(c(O)c2C(C)O1)C(=O)c1cn(C)nc1C3=O. The van der Waals surface area contributed by atoms with Crippen molar-refractivity contribution in [2.75, 3.05) is 7.11 Å². The third-order valence-corrected chi connectivity index (χ3v) is 5.19. The molecule has 0 bridgehead atoms. The van der Waals surface area contributed by atoms with E-state index in [0.29, 0.717) is 0 Å². The van der Waals surface area contributed by atoms with Crippen molar-refractivity contribution in [3.8, 4) is 11.5 Å². The second kappa shape index (κ2) is 6.16. The summed E-state index contributed by atoms with van der Waals surface area (Å²) in [5, 5.41) is 25.7. The van der Waals surface area contributed by atoms with Crippen molar-refractivity contribution in [2.45, 2.75) is 32.0 Å². The van der Waals surface area contributed by atoms with E-state index in [1.165, 1.54) is 18.0 Å². The Bertz CT molecular complexity index is 1050. The summed E-state index contributed by atoms with van der Waals surface area (Å²) in [5.74, 6) is -2.48. The lowest BCUT2D eigenvalue weighted by Gasteiger charge is -2.33. The maximum Gasteiger partial charge on any atom is 0.308 e. The molecular weight excluding hydrogens is 368 g/mol. The van der Waals surface area contributed by atoms with Crippen LogP contribution >= 0.6 is 0 Å². The van der Waals surface area contributed by atoms with Crippen molar-refractivity contribution < 1.29 is 34.1 Å². The highest BCUT2D eigenvalue weighted by Crippen LogP contribution is 2.48. The molecule has 9 heteroatoms. The van der Waals surface area contributed by atoms with Gasteiger partial charge in [0.2, 0.25) is 11.6 Å². The van der Waals surface area contributed by atoms with Crippen LogP contribution in [0.25, 0.3) is 0 Å². The van der Waals surface area contributed by atoms with E-state index >= 15 is 0 Å². The molecular formula is C19H18N2O7. The minimum absolute atomic E-state index is 0.0468. The number of carbonyl (C=O) groups is 3. The number of ketones is 2. The number of benzene rings is 1. The van der Waals surface area contributed by atoms with Crippen molar-refractivity contribution in [1.82, 2.24) is 9.78 Å². The Hall–Kier alpha value is -3.20. The highest BCUT2D eigenvalue weighted by molar-refractivity contribution is 6.29. The molecule has 28 heavy (non-hydrogen) atoms. The third kappa shape index (κ3) is 2.43. The zero-order valence-corrected chi connectivity index (χ0v) is 15.5. The summed E-state index contributed by atoms with van der Waals surface area (Å²) in [6.07, 6.45) is 0.138. The van der Waals surface area contributed by atoms with E-state index < -0.39 is 29.7 Å². The zero-order valence-electron chi connectivity index (χ0n) is 15.5. The standard InChI is InChI=1S/C19H18N2O7/c1-7-12-9(4-8(28-7)5-11(22)27-3)16(23)14-13(18(12)25)17(24)10-6-21(2)20-15(10)19(14)26/h6-8,23,25H,4-5H2,1-3H3. The van der Waals surface area contributed by atoms with Crippen LogP contribution in [0.2, 0.25) is 0 Å². The predicted octanol–water partition coefficient (Wildman–Crippen LogP) is 1.17. The highest BCUT2D eigenvalue weighted by atomic mass is 16.5. The number of rotatable bonds is 2. The molecule has 2 aromatic rings. The highest BCUT2D eigenvalue weighted by Gasteiger charge is 2.42. The second-order valence-corrected chi connectivity index (χ2v) is 6.95. The van der Waals surface area contributed by atoms with Gasteiger partial charge < -0.3 is 19.7 Å². The Kier molecular flexibility index (Phi) is 4.00. The van der Waals surface area contributed by atoms with Crippen LogP contribution in [0.1, 0.15) is 62.5 Å². The van der Waals surface area contributed by atoms with Crippen LogP contribution in [0.3, 0.4) is 0 Å². The molecule has 2 aliphatic rings. The molecule has 4 rings (SSSR count). The lowest BCUT2D eigenvalue weighted by molar-refractivity contribution is -0.145. The minimum atomic E-state index is -0.701. The molecule has 1 aliphatic heterocycles. The van der Waals surface area contributed by atoms with Crippen LogP contribution in [0.15, 0.2) is 6.20 Å². The molecule has 2 heterocycles. The molecule has 1 aromatic carbocycles. The molecule has 0 saturated heterocycles. The van der Waals surface area contributed by atoms with Gasteiger partial charge in [-0.05, 0) is 6.92 Å². The van der Waals surface area contributed by atoms with Gasteiger partial charge in [0.05, 0.1) is 42.4 Å². The van der Waals surface area contributed by atoms with Crippen molar-refractivity contribution in [2.24, 2.45) is 7.05 Å². The molecule has 1 aliphatic carbocycles. The summed E-state index contributed by atoms with van der Waals surface area (Å²) >= 11 is 0. The number of phenols is 2. The molecule has 2 atom stereocenters. The molecule has 0 amide bonds. The van der Waals surface area contributed by atoms with E-state index in [1.807, 2.05) is 0 Å². The van der Waals surface area contributed by atoms with Gasteiger partial charge in [-0.3, -0.25) is 19.1 Å². The smallest absolute Gasteiger partial charge is 0.308 e. The van der Waals surface area contributed by atoms with Gasteiger partial charge in [0, 0.05) is 30.8 Å². The van der Waals surface area contributed by atoms with Gasteiger partial charge in [0.25, 0.3) is 0 Å². The normalized spacial score (nSPS) is 20.4. The summed E-state index contributed by atoms with van der Waals surface area (Å²) in [4.78, 5) is 37.4. The molecule has 0 radical (unpaired) electrons. The molecule has 2 N–H and O–H groups in total. The number of aromatic nitrogens is 2. The van der Waals surface area contributed by atoms with E-state index in [9.17, 15) is 24.6 Å². The number of hydrogen-bond donors (Lipinski definition) is 2. The van der Waals surface area contributed by atoms with Gasteiger partial charge in [0.15, 0.2) is 0 Å². The average molecular weight is 386 g/mol. The quantitative estimate of drug-likeness (QED) is 0.496. The fourth-order valence-corrected chi connectivity index (χ4v) is 3.98. The number of carbonyl (C=O) groups excluding carboxylic acids is 3. The van der Waals surface area contributed by atoms with Crippen LogP contribution in [0.4, 0.5) is 0 Å². The van der Waals surface area contributed by atoms with Gasteiger partial charge in [-0.1, -0.05) is 0 Å². The molecule has 0 saturated carbocycles. The van der Waals surface area contributed by atoms with Crippen LogP contribution in [-0.4, -0.2) is 50.7 Å². The fourth-order valence-electron chi connectivity index (χ4n) is 3.98. The number of esters is 1. The maximum atomic E-state index is 12.9. The lowest BCUT2D eigenvalue weighted by Crippen LogP contribution is -2.30. The summed E-state index contributed by atoms with van der Waals surface area (Å²) in [7, 11) is 2.83. The number of aryl methyl sites for hydroxylation is 1. The maximum absolute atomic E-state index is 12.9. The summed E-state index contributed by atoms with van der Waals surface area (Å²) < 4.78 is 11.7. The van der Waals surface area contributed by atoms with E-state index in [-0.39, 0.29) is 57.9 Å². The first kappa shape index (κ1) is 18.2. The molecule has 2 unspecified atom stereocenters.